The van der Waals surface area contributed by atoms with Gasteiger partial charge in [-0.1, -0.05) is 42.0 Å². The molecule has 0 unspecified atom stereocenters. The van der Waals surface area contributed by atoms with Gasteiger partial charge < -0.3 is 0 Å². The summed E-state index contributed by atoms with van der Waals surface area (Å²) in [5.74, 6) is 0. The van der Waals surface area contributed by atoms with Crippen molar-refractivity contribution in [3.05, 3.63) is 114 Å². The second-order valence-corrected chi connectivity index (χ2v) is 11.1. The number of hydrogen-bond donors (Lipinski definition) is 1. The van der Waals surface area contributed by atoms with E-state index in [4.69, 9.17) is 12.6 Å². The van der Waals surface area contributed by atoms with E-state index in [1.165, 1.54) is 12.1 Å². The number of nitrogens with zero attached hydrogens (tertiary/aromatic N) is 6. The van der Waals surface area contributed by atoms with Crippen molar-refractivity contribution < 1.29 is 25.6 Å². The molecule has 44 heavy (non-hydrogen) atoms. The minimum absolute atomic E-state index is 0.256. The van der Waals surface area contributed by atoms with Crippen molar-refractivity contribution in [2.75, 3.05) is 0 Å². The molecule has 0 spiro atoms. The third-order valence-corrected chi connectivity index (χ3v) is 6.88. The summed E-state index contributed by atoms with van der Waals surface area (Å²) in [7, 11) is -7.54. The lowest BCUT2D eigenvalue weighted by Gasteiger charge is -2.07. The Hall–Kier alpha value is -5.31. The van der Waals surface area contributed by atoms with Crippen LogP contribution in [0.3, 0.4) is 0 Å². The summed E-state index contributed by atoms with van der Waals surface area (Å²) in [5, 5.41) is 27.0. The maximum atomic E-state index is 11.8. The Labute approximate surface area is 254 Å². The van der Waals surface area contributed by atoms with Crippen molar-refractivity contribution in [1.29, 1.82) is 0 Å². The molecule has 5 aromatic rings. The first-order chi connectivity index (χ1) is 21.0. The molecular weight excluding hydrogens is 605 g/mol. The molecule has 1 N–H and O–H groups in total. The quantitative estimate of drug-likeness (QED) is 0.139. The Morgan fingerprint density at radius 2 is 1.05 bits per heavy atom. The molecule has 0 aliphatic rings. The van der Waals surface area contributed by atoms with Crippen LogP contribution in [0.15, 0.2) is 139 Å². The summed E-state index contributed by atoms with van der Waals surface area (Å²) in [4.78, 5) is -0.256. The van der Waals surface area contributed by atoms with Crippen LogP contribution < -0.4 is 0 Å². The van der Waals surface area contributed by atoms with E-state index in [1.54, 1.807) is 30.3 Å². The minimum Gasteiger partial charge on any atom is -0.282 e. The summed E-state index contributed by atoms with van der Waals surface area (Å²) in [6, 6.07) is 30.1. The largest absolute Gasteiger partial charge is 0.425 e. The van der Waals surface area contributed by atoms with Gasteiger partial charge in [-0.3, -0.25) is 4.55 Å². The molecule has 0 aliphatic heterocycles. The fraction of sp³-hybridized carbons (Fsp3) is 0.0667. The number of azo groups is 3. The van der Waals surface area contributed by atoms with Gasteiger partial charge in [0.2, 0.25) is 0 Å². The highest BCUT2D eigenvalue weighted by Gasteiger charge is 2.14. The SMILES string of the molecule is Cc1ccc(N=Nc2ccc(N=Nc3ccc(N=Nc4ccccc4)c(C)c3)c3cc(S(=O)(=O)O)ccc23)cc1.O=S(=O)=O. The molecule has 222 valence electrons. The van der Waals surface area contributed by atoms with Crippen molar-refractivity contribution in [3.63, 3.8) is 0 Å². The molecule has 14 heteroatoms. The number of rotatable bonds is 7. The number of aryl methyl sites for hydroxylation is 2. The third-order valence-electron chi connectivity index (χ3n) is 6.03. The lowest BCUT2D eigenvalue weighted by Crippen LogP contribution is -1.97. The topological polar surface area (TPSA) is 180 Å². The van der Waals surface area contributed by atoms with Gasteiger partial charge in [-0.2, -0.15) is 28.9 Å². The molecule has 0 saturated heterocycles. The van der Waals surface area contributed by atoms with Gasteiger partial charge in [-0.15, -0.1) is 22.9 Å². The standard InChI is InChI=1S/C30H24N6O3S.O3S/c1-20-8-10-23(11-9-20)32-35-29-16-17-30(27-19-25(40(37,38)39)13-14-26(27)29)36-33-24-12-15-28(21(2)18-24)34-31-22-6-4-3-5-7-22;1-4(2)3/h3-19H,1-2H3,(H,37,38,39);. The van der Waals surface area contributed by atoms with Crippen molar-refractivity contribution in [2.45, 2.75) is 18.7 Å². The summed E-state index contributed by atoms with van der Waals surface area (Å²) < 4.78 is 58.7. The van der Waals surface area contributed by atoms with E-state index in [2.05, 4.69) is 30.7 Å². The minimum atomic E-state index is -4.43. The molecule has 0 fully saturated rings. The smallest absolute Gasteiger partial charge is 0.282 e. The van der Waals surface area contributed by atoms with Crippen LogP contribution in [0.25, 0.3) is 10.8 Å². The van der Waals surface area contributed by atoms with Gasteiger partial charge in [0.1, 0.15) is 0 Å². The van der Waals surface area contributed by atoms with Gasteiger partial charge in [-0.05, 0) is 86.1 Å². The molecule has 5 aromatic carbocycles. The average molecular weight is 629 g/mol. The molecule has 0 amide bonds. The molecule has 0 bridgehead atoms. The van der Waals surface area contributed by atoms with E-state index in [9.17, 15) is 13.0 Å². The Kier molecular flexibility index (Phi) is 10.2. The maximum absolute atomic E-state index is 11.8. The van der Waals surface area contributed by atoms with Crippen LogP contribution >= 0.6 is 0 Å². The Morgan fingerprint density at radius 3 is 1.64 bits per heavy atom. The zero-order valence-electron chi connectivity index (χ0n) is 23.3. The van der Waals surface area contributed by atoms with Crippen LogP contribution in [-0.4, -0.2) is 25.6 Å². The van der Waals surface area contributed by atoms with E-state index >= 15 is 0 Å². The number of fused-ring (bicyclic) bond motifs is 1. The Bertz CT molecular complexity index is 2110. The van der Waals surface area contributed by atoms with E-state index in [0.29, 0.717) is 39.2 Å². The van der Waals surface area contributed by atoms with Crippen molar-refractivity contribution in [2.24, 2.45) is 30.7 Å². The Balaban J connectivity index is 0.00000104. The maximum Gasteiger partial charge on any atom is 0.425 e. The van der Waals surface area contributed by atoms with E-state index in [0.717, 1.165) is 16.8 Å². The first-order valence-electron chi connectivity index (χ1n) is 12.8. The second kappa shape index (κ2) is 14.2. The molecule has 0 aliphatic carbocycles. The van der Waals surface area contributed by atoms with Crippen molar-refractivity contribution in [1.82, 2.24) is 0 Å². The fourth-order valence-corrected chi connectivity index (χ4v) is 4.39. The summed E-state index contributed by atoms with van der Waals surface area (Å²) >= 11 is 0. The van der Waals surface area contributed by atoms with E-state index < -0.39 is 20.7 Å². The molecule has 0 atom stereocenters. The molecule has 12 nitrogen and oxygen atoms in total. The van der Waals surface area contributed by atoms with Gasteiger partial charge >= 0.3 is 10.6 Å². The summed E-state index contributed by atoms with van der Waals surface area (Å²) in [6.07, 6.45) is 0. The first-order valence-corrected chi connectivity index (χ1v) is 15.2. The van der Waals surface area contributed by atoms with E-state index in [1.807, 2.05) is 74.5 Å². The number of benzene rings is 5. The second-order valence-electron chi connectivity index (χ2n) is 9.23. The van der Waals surface area contributed by atoms with Crippen LogP contribution in [0.5, 0.6) is 0 Å². The van der Waals surface area contributed by atoms with Gasteiger partial charge in [0.25, 0.3) is 10.1 Å². The average Bonchev–Trinajstić information content (AvgIpc) is 2.99. The summed E-state index contributed by atoms with van der Waals surface area (Å²) in [5.41, 5.74) is 5.61. The van der Waals surface area contributed by atoms with Gasteiger partial charge in [-0.25, -0.2) is 0 Å². The summed E-state index contributed by atoms with van der Waals surface area (Å²) in [6.45, 7) is 3.89. The monoisotopic (exact) mass is 628 g/mol. The normalized spacial score (nSPS) is 11.7. The number of hydrogen-bond acceptors (Lipinski definition) is 11. The fourth-order valence-electron chi connectivity index (χ4n) is 3.89. The molecule has 0 saturated carbocycles. The molecular formula is C30H24N6O6S2. The van der Waals surface area contributed by atoms with Crippen LogP contribution in [0, 0.1) is 13.8 Å². The van der Waals surface area contributed by atoms with Crippen LogP contribution in [-0.2, 0) is 20.7 Å². The van der Waals surface area contributed by atoms with Gasteiger partial charge in [0, 0.05) is 10.8 Å². The predicted molar refractivity (Wildman–Crippen MR) is 165 cm³/mol. The third kappa shape index (κ3) is 8.84. The lowest BCUT2D eigenvalue weighted by molar-refractivity contribution is 0.483. The van der Waals surface area contributed by atoms with Gasteiger partial charge in [0.05, 0.1) is 39.0 Å². The predicted octanol–water partition coefficient (Wildman–Crippen LogP) is 8.95. The zero-order valence-corrected chi connectivity index (χ0v) is 24.9. The highest BCUT2D eigenvalue weighted by molar-refractivity contribution is 7.85. The zero-order chi connectivity index (χ0) is 31.7. The van der Waals surface area contributed by atoms with Crippen LogP contribution in [0.1, 0.15) is 11.1 Å². The van der Waals surface area contributed by atoms with Crippen LogP contribution in [0.4, 0.5) is 34.1 Å². The molecule has 0 heterocycles. The van der Waals surface area contributed by atoms with Crippen LogP contribution in [0.2, 0.25) is 0 Å². The van der Waals surface area contributed by atoms with Gasteiger partial charge in [0.15, 0.2) is 0 Å². The molecule has 0 radical (unpaired) electrons. The molecule has 5 rings (SSSR count). The Morgan fingerprint density at radius 1 is 0.545 bits per heavy atom. The van der Waals surface area contributed by atoms with E-state index in [-0.39, 0.29) is 4.90 Å². The first kappa shape index (κ1) is 31.6. The highest BCUT2D eigenvalue weighted by Crippen LogP contribution is 2.37. The van der Waals surface area contributed by atoms with Crippen molar-refractivity contribution >= 4 is 65.6 Å². The van der Waals surface area contributed by atoms with Crippen molar-refractivity contribution in [3.8, 4) is 0 Å². The highest BCUT2D eigenvalue weighted by atomic mass is 32.2. The lowest BCUT2D eigenvalue weighted by atomic mass is 10.1. The molecule has 0 aromatic heterocycles.